The van der Waals surface area contributed by atoms with E-state index in [1.165, 1.54) is 225 Å². The Bertz CT molecular complexity index is 1400. The van der Waals surface area contributed by atoms with E-state index in [0.29, 0.717) is 17.4 Å². The molecule has 0 rings (SSSR count). The molecule has 0 aromatic heterocycles. The first kappa shape index (κ1) is 74.2. The fourth-order valence-electron chi connectivity index (χ4n) is 9.73. The second kappa shape index (κ2) is 56.5. The standard InChI is InChI=1S/C66H127N2O7P/c1-7-10-13-16-19-22-25-28-30-32-33-34-35-37-39-41-44-47-50-53-56-59-66(70)75-64(57-54-51-48-45-42-27-24-21-18-15-12-9-3)63(62-74-76(71,72)73-61-60-68(4,5)6)67-65(69)58-55-52-49-46-43-40-38-36-31-29-26-23-20-17-14-11-8-2/h19,22,28,30,54,57,63-64H,7-18,20-21,23-27,29,31-53,55-56,58-62H2,1-6H3,(H-,67,69,71,72)/b22-19-,30-28-,57-54+. The summed E-state index contributed by atoms with van der Waals surface area (Å²) in [7, 11) is 1.20. The number of carbonyl (C=O) groups is 2. The SMILES string of the molecule is CCCCC/C=C\C/C=C\CCCCCCCCCCCCCC(=O)OC(/C=C/CCCCCCCCCCCC)C(COP(=O)([O-])OCC[N+](C)(C)C)NC(=O)CCCCCCCCCCCCCCCCCCC. The Labute approximate surface area is 472 Å². The van der Waals surface area contributed by atoms with Crippen LogP contribution >= 0.6 is 7.82 Å². The predicted octanol–water partition coefficient (Wildman–Crippen LogP) is 19.7. The molecular weight excluding hydrogens is 964 g/mol. The van der Waals surface area contributed by atoms with Gasteiger partial charge in [-0.05, 0) is 63.9 Å². The van der Waals surface area contributed by atoms with Gasteiger partial charge in [0.15, 0.2) is 0 Å². The van der Waals surface area contributed by atoms with Crippen molar-refractivity contribution in [3.63, 3.8) is 0 Å². The Morgan fingerprint density at radius 3 is 1.21 bits per heavy atom. The Morgan fingerprint density at radius 1 is 0.461 bits per heavy atom. The second-order valence-electron chi connectivity index (χ2n) is 23.6. The van der Waals surface area contributed by atoms with Crippen LogP contribution < -0.4 is 10.2 Å². The highest BCUT2D eigenvalue weighted by Gasteiger charge is 2.27. The number of nitrogens with zero attached hydrogens (tertiary/aromatic N) is 1. The number of hydrogen-bond acceptors (Lipinski definition) is 7. The molecule has 0 aliphatic rings. The molecule has 3 unspecified atom stereocenters. The number of quaternary nitrogens is 1. The lowest BCUT2D eigenvalue weighted by molar-refractivity contribution is -0.870. The maximum Gasteiger partial charge on any atom is 0.306 e. The van der Waals surface area contributed by atoms with Crippen LogP contribution in [0.15, 0.2) is 36.5 Å². The average Bonchev–Trinajstić information content (AvgIpc) is 3.38. The highest BCUT2D eigenvalue weighted by Crippen LogP contribution is 2.38. The van der Waals surface area contributed by atoms with Gasteiger partial charge in [0.1, 0.15) is 19.3 Å². The first-order valence-electron chi connectivity index (χ1n) is 32.8. The van der Waals surface area contributed by atoms with E-state index in [9.17, 15) is 19.0 Å². The molecule has 0 heterocycles. The molecule has 0 bridgehead atoms. The van der Waals surface area contributed by atoms with Crippen molar-refractivity contribution in [2.75, 3.05) is 40.9 Å². The number of phosphoric acid groups is 1. The number of rotatable bonds is 60. The van der Waals surface area contributed by atoms with Crippen LogP contribution in [0.2, 0.25) is 0 Å². The molecule has 0 aliphatic carbocycles. The summed E-state index contributed by atoms with van der Waals surface area (Å²) in [5.41, 5.74) is 0. The summed E-state index contributed by atoms with van der Waals surface area (Å²) in [6, 6.07) is -0.885. The van der Waals surface area contributed by atoms with Crippen LogP contribution in [0.3, 0.4) is 0 Å². The van der Waals surface area contributed by atoms with E-state index >= 15 is 0 Å². The molecule has 0 aromatic carbocycles. The van der Waals surface area contributed by atoms with Gasteiger partial charge in [0.2, 0.25) is 5.91 Å². The monoisotopic (exact) mass is 1090 g/mol. The third-order valence-corrected chi connectivity index (χ3v) is 15.8. The minimum Gasteiger partial charge on any atom is -0.756 e. The normalized spacial score (nSPS) is 13.8. The van der Waals surface area contributed by atoms with Gasteiger partial charge in [-0.15, -0.1) is 0 Å². The fraction of sp³-hybridized carbons (Fsp3) is 0.879. The van der Waals surface area contributed by atoms with Crippen molar-refractivity contribution in [3.8, 4) is 0 Å². The Balaban J connectivity index is 5.16. The number of esters is 1. The lowest BCUT2D eigenvalue weighted by Crippen LogP contribution is -2.47. The van der Waals surface area contributed by atoms with Crippen molar-refractivity contribution in [2.45, 2.75) is 335 Å². The van der Waals surface area contributed by atoms with Crippen molar-refractivity contribution in [2.24, 2.45) is 0 Å². The number of carbonyl (C=O) groups excluding carboxylic acids is 2. The molecule has 448 valence electrons. The number of amides is 1. The van der Waals surface area contributed by atoms with Gasteiger partial charge in [-0.3, -0.25) is 14.2 Å². The summed E-state index contributed by atoms with van der Waals surface area (Å²) >= 11 is 0. The van der Waals surface area contributed by atoms with E-state index in [-0.39, 0.29) is 31.5 Å². The van der Waals surface area contributed by atoms with Crippen LogP contribution in [0.1, 0.15) is 323 Å². The van der Waals surface area contributed by atoms with Gasteiger partial charge in [0, 0.05) is 12.8 Å². The van der Waals surface area contributed by atoms with E-state index < -0.39 is 20.0 Å². The molecule has 0 spiro atoms. The minimum absolute atomic E-state index is 0.0198. The third-order valence-electron chi connectivity index (χ3n) is 14.8. The molecule has 0 saturated heterocycles. The maximum absolute atomic E-state index is 13.5. The molecule has 10 heteroatoms. The number of phosphoric ester groups is 1. The molecule has 1 N–H and O–H groups in total. The zero-order valence-corrected chi connectivity index (χ0v) is 52.1. The minimum atomic E-state index is -4.70. The molecule has 3 atom stereocenters. The van der Waals surface area contributed by atoms with Gasteiger partial charge in [0.05, 0.1) is 33.8 Å². The van der Waals surface area contributed by atoms with Gasteiger partial charge in [0.25, 0.3) is 7.82 Å². The smallest absolute Gasteiger partial charge is 0.306 e. The van der Waals surface area contributed by atoms with E-state index in [2.05, 4.69) is 50.4 Å². The van der Waals surface area contributed by atoms with Crippen LogP contribution in [-0.4, -0.2) is 69.4 Å². The van der Waals surface area contributed by atoms with Gasteiger partial charge in [-0.2, -0.15) is 0 Å². The number of nitrogens with one attached hydrogen (secondary N) is 1. The number of likely N-dealkylation sites (N-methyl/N-ethyl adjacent to an activating group) is 1. The summed E-state index contributed by atoms with van der Waals surface area (Å²) in [4.78, 5) is 40.0. The molecular formula is C66H127N2O7P. The fourth-order valence-corrected chi connectivity index (χ4v) is 10.5. The van der Waals surface area contributed by atoms with Crippen LogP contribution in [0, 0.1) is 0 Å². The molecule has 1 amide bonds. The summed E-state index contributed by atoms with van der Waals surface area (Å²) in [5, 5.41) is 3.04. The second-order valence-corrected chi connectivity index (χ2v) is 25.0. The molecule has 0 saturated carbocycles. The Kier molecular flexibility index (Phi) is 55.2. The van der Waals surface area contributed by atoms with Crippen molar-refractivity contribution in [1.29, 1.82) is 0 Å². The summed E-state index contributed by atoms with van der Waals surface area (Å²) in [5.74, 6) is -0.527. The molecule has 0 aliphatic heterocycles. The lowest BCUT2D eigenvalue weighted by Gasteiger charge is -2.30. The van der Waals surface area contributed by atoms with Gasteiger partial charge >= 0.3 is 5.97 Å². The van der Waals surface area contributed by atoms with Crippen LogP contribution in [0.5, 0.6) is 0 Å². The quantitative estimate of drug-likeness (QED) is 0.0212. The number of allylic oxidation sites excluding steroid dienone is 5. The third kappa shape index (κ3) is 56.9. The predicted molar refractivity (Wildman–Crippen MR) is 326 cm³/mol. The molecule has 0 aromatic rings. The largest absolute Gasteiger partial charge is 0.756 e. The van der Waals surface area contributed by atoms with Gasteiger partial charge < -0.3 is 28.5 Å². The van der Waals surface area contributed by atoms with Gasteiger partial charge in [-0.1, -0.05) is 282 Å². The Hall–Kier alpha value is -1.77. The highest BCUT2D eigenvalue weighted by molar-refractivity contribution is 7.45. The summed E-state index contributed by atoms with van der Waals surface area (Å²) in [6.07, 6.45) is 68.2. The number of ether oxygens (including phenoxy) is 1. The molecule has 9 nitrogen and oxygen atoms in total. The van der Waals surface area contributed by atoms with Crippen molar-refractivity contribution in [3.05, 3.63) is 36.5 Å². The van der Waals surface area contributed by atoms with Crippen molar-refractivity contribution >= 4 is 19.7 Å². The summed E-state index contributed by atoms with van der Waals surface area (Å²) in [6.45, 7) is 6.86. The Morgan fingerprint density at radius 2 is 0.803 bits per heavy atom. The van der Waals surface area contributed by atoms with E-state index in [1.54, 1.807) is 0 Å². The van der Waals surface area contributed by atoms with Gasteiger partial charge in [-0.25, -0.2) is 0 Å². The molecule has 76 heavy (non-hydrogen) atoms. The maximum atomic E-state index is 13.5. The zero-order chi connectivity index (χ0) is 55.7. The van der Waals surface area contributed by atoms with Crippen LogP contribution in [-0.2, 0) is 27.9 Å². The number of hydrogen-bond donors (Lipinski definition) is 1. The van der Waals surface area contributed by atoms with E-state index in [1.807, 2.05) is 33.3 Å². The first-order valence-corrected chi connectivity index (χ1v) is 34.3. The summed E-state index contributed by atoms with van der Waals surface area (Å²) < 4.78 is 30.4. The highest BCUT2D eigenvalue weighted by atomic mass is 31.2. The van der Waals surface area contributed by atoms with E-state index in [4.69, 9.17) is 13.8 Å². The zero-order valence-electron chi connectivity index (χ0n) is 51.2. The van der Waals surface area contributed by atoms with Crippen LogP contribution in [0.25, 0.3) is 0 Å². The average molecular weight is 1090 g/mol. The molecule has 0 fully saturated rings. The first-order chi connectivity index (χ1) is 36.9. The van der Waals surface area contributed by atoms with E-state index in [0.717, 1.165) is 64.2 Å². The molecule has 0 radical (unpaired) electrons. The topological polar surface area (TPSA) is 114 Å². The number of unbranched alkanes of at least 4 members (excludes halogenated alkanes) is 40. The van der Waals surface area contributed by atoms with Crippen molar-refractivity contribution < 1.29 is 37.3 Å². The van der Waals surface area contributed by atoms with Crippen molar-refractivity contribution in [1.82, 2.24) is 5.32 Å². The van der Waals surface area contributed by atoms with Crippen LogP contribution in [0.4, 0.5) is 0 Å². The lowest BCUT2D eigenvalue weighted by atomic mass is 10.0.